The molecule has 0 fully saturated rings. The lowest BCUT2D eigenvalue weighted by Gasteiger charge is -2.33. The van der Waals surface area contributed by atoms with E-state index in [4.69, 9.17) is 10.1 Å². The van der Waals surface area contributed by atoms with Gasteiger partial charge in [0.2, 0.25) is 0 Å². The van der Waals surface area contributed by atoms with Crippen molar-refractivity contribution in [1.82, 2.24) is 5.32 Å². The van der Waals surface area contributed by atoms with Gasteiger partial charge in [-0.05, 0) is 12.8 Å². The molecule has 136 valence electrons. The molecule has 0 atom stereocenters. The predicted molar refractivity (Wildman–Crippen MR) is 101 cm³/mol. The summed E-state index contributed by atoms with van der Waals surface area (Å²) in [5.74, 6) is 0.247. The number of anilines is 1. The number of allylic oxidation sites excluding steroid dienone is 1. The first kappa shape index (κ1) is 18.8. The highest BCUT2D eigenvalue weighted by atomic mass is 16.6. The van der Waals surface area contributed by atoms with Crippen molar-refractivity contribution in [2.24, 2.45) is 0 Å². The summed E-state index contributed by atoms with van der Waals surface area (Å²) in [4.78, 5) is 13.3. The molecule has 7 heteroatoms. The lowest BCUT2D eigenvalue weighted by Crippen LogP contribution is -2.35. The first-order valence-electron chi connectivity index (χ1n) is 8.57. The minimum absolute atomic E-state index is 0.0811. The maximum absolute atomic E-state index is 11.4. The maximum Gasteiger partial charge on any atom is 0.311 e. The van der Waals surface area contributed by atoms with Crippen LogP contribution in [0.25, 0.3) is 5.57 Å². The number of hydrogen-bond donors (Lipinski definition) is 2. The molecule has 0 spiro atoms. The van der Waals surface area contributed by atoms with E-state index in [9.17, 15) is 10.1 Å². The van der Waals surface area contributed by atoms with Crippen molar-refractivity contribution in [2.75, 3.05) is 25.6 Å². The molecule has 2 rings (SSSR count). The van der Waals surface area contributed by atoms with E-state index in [-0.39, 0.29) is 11.4 Å². The fourth-order valence-electron chi connectivity index (χ4n) is 3.50. The van der Waals surface area contributed by atoms with Crippen LogP contribution in [-0.4, -0.2) is 37.9 Å². The molecule has 25 heavy (non-hydrogen) atoms. The molecule has 1 heterocycles. The minimum Gasteiger partial charge on any atom is -0.490 e. The van der Waals surface area contributed by atoms with Gasteiger partial charge < -0.3 is 20.4 Å². The van der Waals surface area contributed by atoms with Gasteiger partial charge in [0.25, 0.3) is 0 Å². The van der Waals surface area contributed by atoms with Crippen molar-refractivity contribution in [3.8, 4) is 5.75 Å². The van der Waals surface area contributed by atoms with Crippen molar-refractivity contribution < 1.29 is 9.66 Å². The predicted octanol–water partition coefficient (Wildman–Crippen LogP) is 3.58. The van der Waals surface area contributed by atoms with Gasteiger partial charge in [-0.2, -0.15) is 0 Å². The monoisotopic (exact) mass is 346 g/mol. The zero-order valence-corrected chi connectivity index (χ0v) is 15.3. The average molecular weight is 346 g/mol. The fraction of sp³-hybridized carbons (Fsp3) is 0.500. The Labute approximate surface area is 148 Å². The number of hydrogen-bond acceptors (Lipinski definition) is 6. The summed E-state index contributed by atoms with van der Waals surface area (Å²) in [6.07, 6.45) is 3.98. The van der Waals surface area contributed by atoms with Crippen LogP contribution < -0.4 is 15.0 Å². The molecule has 0 amide bonds. The Morgan fingerprint density at radius 2 is 2.12 bits per heavy atom. The largest absolute Gasteiger partial charge is 0.490 e. The van der Waals surface area contributed by atoms with Crippen LogP contribution in [0.1, 0.15) is 38.7 Å². The molecule has 7 nitrogen and oxygen atoms in total. The van der Waals surface area contributed by atoms with Gasteiger partial charge in [-0.25, -0.2) is 0 Å². The van der Waals surface area contributed by atoms with Crippen molar-refractivity contribution in [3.05, 3.63) is 33.5 Å². The van der Waals surface area contributed by atoms with E-state index in [0.29, 0.717) is 17.2 Å². The van der Waals surface area contributed by atoms with Crippen LogP contribution in [-0.2, 0) is 0 Å². The number of rotatable bonds is 7. The molecule has 0 saturated heterocycles. The Kier molecular flexibility index (Phi) is 6.01. The lowest BCUT2D eigenvalue weighted by atomic mass is 10.00. The highest BCUT2D eigenvalue weighted by Crippen LogP contribution is 2.41. The summed E-state index contributed by atoms with van der Waals surface area (Å²) in [6.45, 7) is 5.07. The van der Waals surface area contributed by atoms with Crippen LogP contribution in [0.15, 0.2) is 17.8 Å². The van der Waals surface area contributed by atoms with Gasteiger partial charge in [-0.15, -0.1) is 0 Å². The van der Waals surface area contributed by atoms with E-state index in [1.807, 2.05) is 7.05 Å². The van der Waals surface area contributed by atoms with E-state index in [2.05, 4.69) is 24.1 Å². The molecule has 0 unspecified atom stereocenters. The smallest absolute Gasteiger partial charge is 0.311 e. The van der Waals surface area contributed by atoms with E-state index in [0.717, 1.165) is 37.2 Å². The zero-order chi connectivity index (χ0) is 18.6. The molecule has 0 saturated carbocycles. The van der Waals surface area contributed by atoms with Crippen LogP contribution >= 0.6 is 0 Å². The number of fused-ring (bicyclic) bond motifs is 1. The molecule has 2 N–H and O–H groups in total. The van der Waals surface area contributed by atoms with Crippen LogP contribution in [0.2, 0.25) is 0 Å². The third-order valence-corrected chi connectivity index (χ3v) is 4.85. The van der Waals surface area contributed by atoms with Gasteiger partial charge in [0.05, 0.1) is 12.0 Å². The van der Waals surface area contributed by atoms with Crippen molar-refractivity contribution in [1.29, 1.82) is 5.41 Å². The third kappa shape index (κ3) is 3.45. The van der Waals surface area contributed by atoms with Crippen molar-refractivity contribution in [3.63, 3.8) is 0 Å². The summed E-state index contributed by atoms with van der Waals surface area (Å²) in [7, 11) is 3.27. The SMILES string of the molecule is CCC(CC)N1CCC(NC)=C(C=N)c2cc([N+](=O)[O-])c(OC)cc21. The second-order valence-corrected chi connectivity index (χ2v) is 6.00. The van der Waals surface area contributed by atoms with Crippen LogP contribution in [0.5, 0.6) is 5.75 Å². The van der Waals surface area contributed by atoms with Gasteiger partial charge in [0.1, 0.15) is 0 Å². The van der Waals surface area contributed by atoms with Gasteiger partial charge in [0, 0.05) is 66.9 Å². The lowest BCUT2D eigenvalue weighted by molar-refractivity contribution is -0.385. The summed E-state index contributed by atoms with van der Waals surface area (Å²) >= 11 is 0. The van der Waals surface area contributed by atoms with Gasteiger partial charge in [-0.1, -0.05) is 13.8 Å². The Morgan fingerprint density at radius 3 is 2.60 bits per heavy atom. The Hall–Kier alpha value is -2.57. The van der Waals surface area contributed by atoms with E-state index < -0.39 is 4.92 Å². The number of nitrogens with zero attached hydrogens (tertiary/aromatic N) is 2. The molecule has 1 aromatic carbocycles. The van der Waals surface area contributed by atoms with E-state index in [1.165, 1.54) is 19.4 Å². The number of nitrogens with one attached hydrogen (secondary N) is 2. The van der Waals surface area contributed by atoms with Crippen LogP contribution in [0, 0.1) is 15.5 Å². The van der Waals surface area contributed by atoms with Crippen LogP contribution in [0.3, 0.4) is 0 Å². The van der Waals surface area contributed by atoms with E-state index >= 15 is 0 Å². The first-order valence-corrected chi connectivity index (χ1v) is 8.57. The normalized spacial score (nSPS) is 14.2. The molecule has 0 bridgehead atoms. The van der Waals surface area contributed by atoms with Gasteiger partial charge in [-0.3, -0.25) is 10.1 Å². The Morgan fingerprint density at radius 1 is 1.44 bits per heavy atom. The van der Waals surface area contributed by atoms with Gasteiger partial charge >= 0.3 is 5.69 Å². The number of ether oxygens (including phenoxy) is 1. The van der Waals surface area contributed by atoms with E-state index in [1.54, 1.807) is 6.07 Å². The number of nitro groups is 1. The molecule has 1 aliphatic heterocycles. The average Bonchev–Trinajstić information content (AvgIpc) is 2.77. The third-order valence-electron chi connectivity index (χ3n) is 4.85. The molecule has 1 aliphatic rings. The van der Waals surface area contributed by atoms with Crippen molar-refractivity contribution in [2.45, 2.75) is 39.2 Å². The fourth-order valence-corrected chi connectivity index (χ4v) is 3.50. The standard InChI is InChI=1S/C18H26N4O3/c1-5-12(6-2)21-8-7-15(20-3)14(11-19)13-9-17(22(23)24)18(25-4)10-16(13)21/h9-12,19-20H,5-8H2,1-4H3. The molecular formula is C18H26N4O3. The zero-order valence-electron chi connectivity index (χ0n) is 15.3. The Balaban J connectivity index is 2.78. The molecule has 1 aromatic rings. The number of benzene rings is 1. The quantitative estimate of drug-likeness (QED) is 0.447. The molecule has 0 aliphatic carbocycles. The highest BCUT2D eigenvalue weighted by molar-refractivity contribution is 6.12. The maximum atomic E-state index is 11.4. The topological polar surface area (TPSA) is 91.5 Å². The van der Waals surface area contributed by atoms with Gasteiger partial charge in [0.15, 0.2) is 5.75 Å². The number of methoxy groups -OCH3 is 1. The molecule has 0 aromatic heterocycles. The minimum atomic E-state index is -0.438. The van der Waals surface area contributed by atoms with Crippen molar-refractivity contribution >= 4 is 23.2 Å². The summed E-state index contributed by atoms with van der Waals surface area (Å²) in [5.41, 5.74) is 3.12. The molecule has 0 radical (unpaired) electrons. The van der Waals surface area contributed by atoms with Crippen LogP contribution in [0.4, 0.5) is 11.4 Å². The summed E-state index contributed by atoms with van der Waals surface area (Å²) in [5, 5.41) is 22.5. The second-order valence-electron chi connectivity index (χ2n) is 6.00. The molecular weight excluding hydrogens is 320 g/mol. The Bertz CT molecular complexity index is 696. The highest BCUT2D eigenvalue weighted by Gasteiger charge is 2.29. The summed E-state index contributed by atoms with van der Waals surface area (Å²) < 4.78 is 5.27. The number of nitro benzene ring substituents is 1. The first-order chi connectivity index (χ1) is 12.0. The summed E-state index contributed by atoms with van der Waals surface area (Å²) in [6, 6.07) is 3.61. The second kappa shape index (κ2) is 8.00.